The molecule has 0 aliphatic heterocycles. The third-order valence-electron chi connectivity index (χ3n) is 1.96. The van der Waals surface area contributed by atoms with Gasteiger partial charge in [-0.15, -0.1) is 0 Å². The van der Waals surface area contributed by atoms with Gasteiger partial charge >= 0.3 is 0 Å². The molecule has 1 aromatic rings. The predicted molar refractivity (Wildman–Crippen MR) is 68.5 cm³/mol. The molecule has 0 saturated carbocycles. The maximum Gasteiger partial charge on any atom is 0.169 e. The quantitative estimate of drug-likeness (QED) is 0.570. The number of ketones is 1. The van der Waals surface area contributed by atoms with E-state index in [4.69, 9.17) is 0 Å². The molecule has 0 bridgehead atoms. The largest absolute Gasteiger partial charge is 0.294 e. The molecule has 0 aromatic carbocycles. The lowest BCUT2D eigenvalue weighted by molar-refractivity contribution is 0.0952. The topological polar surface area (TPSA) is 30.0 Å². The van der Waals surface area contributed by atoms with E-state index in [0.717, 1.165) is 5.56 Å². The van der Waals surface area contributed by atoms with Gasteiger partial charge in [0.15, 0.2) is 5.78 Å². The van der Waals surface area contributed by atoms with E-state index < -0.39 is 0 Å². The number of allylic oxidation sites excluding steroid dienone is 2. The van der Waals surface area contributed by atoms with Crippen LogP contribution < -0.4 is 0 Å². The van der Waals surface area contributed by atoms with Crippen LogP contribution in [0, 0.1) is 5.92 Å². The number of hydrogen-bond acceptors (Lipinski definition) is 2. The Morgan fingerprint density at radius 1 is 1.25 bits per heavy atom. The fraction of sp³-hybridized carbons (Fsp3) is 0.429. The second-order valence-corrected chi connectivity index (χ2v) is 3.63. The molecule has 0 spiro atoms. The van der Waals surface area contributed by atoms with Gasteiger partial charge in [-0.1, -0.05) is 32.4 Å². The summed E-state index contributed by atoms with van der Waals surface area (Å²) < 4.78 is 0. The van der Waals surface area contributed by atoms with Crippen LogP contribution in [0.2, 0.25) is 0 Å². The van der Waals surface area contributed by atoms with Gasteiger partial charge in [-0.25, -0.2) is 0 Å². The van der Waals surface area contributed by atoms with E-state index in [-0.39, 0.29) is 11.7 Å². The number of Topliss-reactive ketones (excluding diaryl/α,β-unsaturated/α-hetero) is 1. The van der Waals surface area contributed by atoms with Crippen LogP contribution in [-0.4, -0.2) is 10.8 Å². The predicted octanol–water partition coefficient (Wildman–Crippen LogP) is 3.89. The summed E-state index contributed by atoms with van der Waals surface area (Å²) in [6.45, 7) is 9.91. The number of aromatic nitrogens is 1. The molecule has 0 saturated heterocycles. The first-order valence-electron chi connectivity index (χ1n) is 5.70. The Balaban J connectivity index is 0.00000106. The zero-order chi connectivity index (χ0) is 12.6. The van der Waals surface area contributed by atoms with Crippen molar-refractivity contribution in [1.82, 2.24) is 4.98 Å². The normalized spacial score (nSPS) is 10.8. The molecular weight excluding hydrogens is 198 g/mol. The average molecular weight is 219 g/mol. The average Bonchev–Trinajstić information content (AvgIpc) is 2.31. The van der Waals surface area contributed by atoms with Gasteiger partial charge in [-0.3, -0.25) is 9.78 Å². The summed E-state index contributed by atoms with van der Waals surface area (Å²) in [6, 6.07) is 3.50. The van der Waals surface area contributed by atoms with Gasteiger partial charge in [0.25, 0.3) is 0 Å². The van der Waals surface area contributed by atoms with E-state index in [1.54, 1.807) is 24.5 Å². The molecular formula is C14H21NO. The lowest BCUT2D eigenvalue weighted by Gasteiger charge is -2.05. The number of rotatable bonds is 3. The summed E-state index contributed by atoms with van der Waals surface area (Å²) in [4.78, 5) is 15.7. The number of carbonyl (C=O) groups is 1. The van der Waals surface area contributed by atoms with E-state index in [1.807, 2.05) is 40.7 Å². The maximum atomic E-state index is 11.8. The number of hydrogen-bond donors (Lipinski definition) is 0. The van der Waals surface area contributed by atoms with Crippen LogP contribution in [-0.2, 0) is 0 Å². The van der Waals surface area contributed by atoms with Gasteiger partial charge in [0, 0.05) is 23.9 Å². The molecule has 0 amide bonds. The van der Waals surface area contributed by atoms with Gasteiger partial charge in [0.05, 0.1) is 0 Å². The number of nitrogens with zero attached hydrogens (tertiary/aromatic N) is 1. The van der Waals surface area contributed by atoms with Gasteiger partial charge in [-0.2, -0.15) is 0 Å². The van der Waals surface area contributed by atoms with Crippen LogP contribution >= 0.6 is 0 Å². The molecule has 0 fully saturated rings. The van der Waals surface area contributed by atoms with Crippen molar-refractivity contribution in [2.45, 2.75) is 34.6 Å². The first kappa shape index (κ1) is 14.6. The fourth-order valence-electron chi connectivity index (χ4n) is 1.35. The van der Waals surface area contributed by atoms with Crippen LogP contribution in [0.15, 0.2) is 36.2 Å². The minimum atomic E-state index is -0.0533. The Hall–Kier alpha value is -1.44. The van der Waals surface area contributed by atoms with Crippen molar-refractivity contribution in [2.75, 3.05) is 0 Å². The third-order valence-corrected chi connectivity index (χ3v) is 1.96. The highest BCUT2D eigenvalue weighted by molar-refractivity contribution is 5.98. The van der Waals surface area contributed by atoms with Crippen LogP contribution in [0.3, 0.4) is 0 Å². The molecule has 1 heterocycles. The van der Waals surface area contributed by atoms with E-state index >= 15 is 0 Å². The first-order chi connectivity index (χ1) is 7.61. The van der Waals surface area contributed by atoms with Gasteiger partial charge in [0.1, 0.15) is 0 Å². The SMILES string of the molecule is CC.CC(C)=CC(C)C(=O)c1ccncc1. The summed E-state index contributed by atoms with van der Waals surface area (Å²) in [6.07, 6.45) is 5.26. The standard InChI is InChI=1S/C12H15NO.C2H6/c1-9(2)8-10(3)12(14)11-4-6-13-7-5-11;1-2/h4-8,10H,1-3H3;1-2H3. The molecule has 16 heavy (non-hydrogen) atoms. The number of carbonyl (C=O) groups excluding carboxylic acids is 1. The van der Waals surface area contributed by atoms with Gasteiger partial charge in [-0.05, 0) is 26.0 Å². The Labute approximate surface area is 98.4 Å². The van der Waals surface area contributed by atoms with E-state index in [2.05, 4.69) is 4.98 Å². The molecule has 1 atom stereocenters. The minimum Gasteiger partial charge on any atom is -0.294 e. The smallest absolute Gasteiger partial charge is 0.169 e. The zero-order valence-electron chi connectivity index (χ0n) is 10.8. The Morgan fingerprint density at radius 2 is 1.75 bits per heavy atom. The first-order valence-corrected chi connectivity index (χ1v) is 5.70. The van der Waals surface area contributed by atoms with Crippen molar-refractivity contribution in [2.24, 2.45) is 5.92 Å². The molecule has 0 N–H and O–H groups in total. The lowest BCUT2D eigenvalue weighted by atomic mass is 9.98. The summed E-state index contributed by atoms with van der Waals surface area (Å²) in [7, 11) is 0. The van der Waals surface area contributed by atoms with Crippen LogP contribution in [0.5, 0.6) is 0 Å². The monoisotopic (exact) mass is 219 g/mol. The van der Waals surface area contributed by atoms with Crippen LogP contribution in [0.25, 0.3) is 0 Å². The van der Waals surface area contributed by atoms with E-state index in [9.17, 15) is 4.79 Å². The third kappa shape index (κ3) is 4.87. The summed E-state index contributed by atoms with van der Waals surface area (Å²) in [5.41, 5.74) is 1.89. The van der Waals surface area contributed by atoms with Crippen molar-refractivity contribution < 1.29 is 4.79 Å². The molecule has 0 aliphatic rings. The molecule has 1 rings (SSSR count). The molecule has 2 heteroatoms. The summed E-state index contributed by atoms with van der Waals surface area (Å²) >= 11 is 0. The van der Waals surface area contributed by atoms with Gasteiger partial charge < -0.3 is 0 Å². The summed E-state index contributed by atoms with van der Waals surface area (Å²) in [5, 5.41) is 0. The lowest BCUT2D eigenvalue weighted by Crippen LogP contribution is -2.09. The highest BCUT2D eigenvalue weighted by atomic mass is 16.1. The highest BCUT2D eigenvalue weighted by Gasteiger charge is 2.11. The molecule has 0 radical (unpaired) electrons. The highest BCUT2D eigenvalue weighted by Crippen LogP contribution is 2.10. The molecule has 2 nitrogen and oxygen atoms in total. The van der Waals surface area contributed by atoms with Crippen molar-refractivity contribution >= 4 is 5.78 Å². The summed E-state index contributed by atoms with van der Waals surface area (Å²) in [5.74, 6) is 0.0935. The Bertz CT molecular complexity index is 337. The van der Waals surface area contributed by atoms with Crippen LogP contribution in [0.1, 0.15) is 45.0 Å². The van der Waals surface area contributed by atoms with Crippen molar-refractivity contribution in [3.63, 3.8) is 0 Å². The fourth-order valence-corrected chi connectivity index (χ4v) is 1.35. The Morgan fingerprint density at radius 3 is 2.19 bits per heavy atom. The van der Waals surface area contributed by atoms with Crippen LogP contribution in [0.4, 0.5) is 0 Å². The van der Waals surface area contributed by atoms with E-state index in [0.29, 0.717) is 0 Å². The van der Waals surface area contributed by atoms with Crippen molar-refractivity contribution in [3.05, 3.63) is 41.7 Å². The van der Waals surface area contributed by atoms with Crippen molar-refractivity contribution in [3.8, 4) is 0 Å². The second kappa shape index (κ2) is 7.80. The zero-order valence-corrected chi connectivity index (χ0v) is 10.8. The molecule has 1 aromatic heterocycles. The molecule has 1 unspecified atom stereocenters. The minimum absolute atomic E-state index is 0.0533. The van der Waals surface area contributed by atoms with Crippen molar-refractivity contribution in [1.29, 1.82) is 0 Å². The second-order valence-electron chi connectivity index (χ2n) is 3.63. The Kier molecular flexibility index (Phi) is 7.10. The molecule has 0 aliphatic carbocycles. The van der Waals surface area contributed by atoms with Gasteiger partial charge in [0.2, 0.25) is 0 Å². The number of pyridine rings is 1. The maximum absolute atomic E-state index is 11.8. The molecule has 88 valence electrons. The van der Waals surface area contributed by atoms with E-state index in [1.165, 1.54) is 5.57 Å².